The molecule has 0 aromatic carbocycles. The largest absolute Gasteiger partial charge is 0.388 e. The van der Waals surface area contributed by atoms with Crippen LogP contribution < -0.4 is 0 Å². The Morgan fingerprint density at radius 3 is 1.52 bits per heavy atom. The average molecular weight is 456 g/mol. The molecule has 182 valence electrons. The number of hydrogen-bond acceptors (Lipinski definition) is 13. The van der Waals surface area contributed by atoms with Crippen LogP contribution in [0.25, 0.3) is 0 Å². The van der Waals surface area contributed by atoms with Crippen LogP contribution in [0.4, 0.5) is 0 Å². The Balaban J connectivity index is 1.72. The van der Waals surface area contributed by atoms with Gasteiger partial charge in [-0.15, -0.1) is 0 Å². The van der Waals surface area contributed by atoms with Crippen molar-refractivity contribution in [1.29, 1.82) is 0 Å². The molecule has 3 fully saturated rings. The van der Waals surface area contributed by atoms with E-state index in [1.807, 2.05) is 0 Å². The third-order valence-corrected chi connectivity index (χ3v) is 5.98. The van der Waals surface area contributed by atoms with E-state index < -0.39 is 92.1 Å². The quantitative estimate of drug-likeness (QED) is 0.201. The van der Waals surface area contributed by atoms with Crippen molar-refractivity contribution in [3.05, 3.63) is 0 Å². The highest BCUT2D eigenvalue weighted by Crippen LogP contribution is 2.31. The second kappa shape index (κ2) is 9.77. The molecule has 0 bridgehead atoms. The maximum Gasteiger partial charge on any atom is 0.187 e. The molecule has 3 rings (SSSR count). The molecule has 0 spiro atoms. The van der Waals surface area contributed by atoms with Crippen LogP contribution in [0, 0.1) is 0 Å². The highest BCUT2D eigenvalue weighted by atomic mass is 16.7. The average Bonchev–Trinajstić information content (AvgIpc) is 2.72. The first-order chi connectivity index (χ1) is 14.4. The van der Waals surface area contributed by atoms with E-state index in [0.717, 1.165) is 0 Å². The fraction of sp³-hybridized carbons (Fsp3) is 1.00. The summed E-state index contributed by atoms with van der Waals surface area (Å²) in [5.41, 5.74) is 0. The van der Waals surface area contributed by atoms with Gasteiger partial charge in [-0.1, -0.05) is 0 Å². The van der Waals surface area contributed by atoms with E-state index in [-0.39, 0.29) is 0 Å². The molecule has 0 unspecified atom stereocenters. The first-order valence-electron chi connectivity index (χ1n) is 10.2. The monoisotopic (exact) mass is 456 g/mol. The zero-order chi connectivity index (χ0) is 23.2. The van der Waals surface area contributed by atoms with Crippen molar-refractivity contribution in [2.24, 2.45) is 0 Å². The van der Waals surface area contributed by atoms with Crippen molar-refractivity contribution in [1.82, 2.24) is 0 Å². The fourth-order valence-corrected chi connectivity index (χ4v) is 3.87. The lowest BCUT2D eigenvalue weighted by Gasteiger charge is -2.47. The Kier molecular flexibility index (Phi) is 7.91. The molecule has 31 heavy (non-hydrogen) atoms. The van der Waals surface area contributed by atoms with Crippen molar-refractivity contribution in [2.45, 2.75) is 113 Å². The topological polar surface area (TPSA) is 208 Å². The van der Waals surface area contributed by atoms with E-state index >= 15 is 0 Å². The third kappa shape index (κ3) is 4.89. The van der Waals surface area contributed by atoms with E-state index in [1.54, 1.807) is 0 Å². The predicted octanol–water partition coefficient (Wildman–Crippen LogP) is -4.49. The number of aliphatic hydroxyl groups excluding tert-OH is 8. The smallest absolute Gasteiger partial charge is 0.187 e. The normalized spacial score (nSPS) is 56.4. The van der Waals surface area contributed by atoms with Crippen molar-refractivity contribution in [3.8, 4) is 0 Å². The first kappa shape index (κ1) is 25.1. The molecule has 0 aliphatic carbocycles. The molecule has 0 saturated carbocycles. The van der Waals surface area contributed by atoms with E-state index in [0.29, 0.717) is 0 Å². The van der Waals surface area contributed by atoms with Crippen LogP contribution in [-0.2, 0) is 23.7 Å². The molecular weight excluding hydrogens is 424 g/mol. The summed E-state index contributed by atoms with van der Waals surface area (Å²) in [7, 11) is 0. The number of rotatable bonds is 4. The summed E-state index contributed by atoms with van der Waals surface area (Å²) < 4.78 is 26.9. The van der Waals surface area contributed by atoms with Gasteiger partial charge in [0.25, 0.3) is 0 Å². The molecule has 15 atom stereocenters. The summed E-state index contributed by atoms with van der Waals surface area (Å²) in [6, 6.07) is 0. The first-order valence-corrected chi connectivity index (χ1v) is 10.2. The fourth-order valence-electron chi connectivity index (χ4n) is 3.87. The van der Waals surface area contributed by atoms with Crippen molar-refractivity contribution in [2.75, 3.05) is 0 Å². The number of aliphatic hydroxyl groups is 8. The third-order valence-electron chi connectivity index (χ3n) is 5.98. The molecule has 3 aliphatic rings. The minimum absolute atomic E-state index is 0.868. The van der Waals surface area contributed by atoms with Gasteiger partial charge < -0.3 is 64.5 Å². The minimum atomic E-state index is -1.70. The van der Waals surface area contributed by atoms with Crippen molar-refractivity contribution >= 4 is 0 Å². The Labute approximate surface area is 178 Å². The summed E-state index contributed by atoms with van der Waals surface area (Å²) in [5.74, 6) is 0. The lowest BCUT2D eigenvalue weighted by atomic mass is 9.97. The van der Waals surface area contributed by atoms with Gasteiger partial charge in [-0.2, -0.15) is 0 Å². The second-order valence-corrected chi connectivity index (χ2v) is 8.29. The highest BCUT2D eigenvalue weighted by Gasteiger charge is 2.52. The summed E-state index contributed by atoms with van der Waals surface area (Å²) in [6.45, 7) is 4.34. The van der Waals surface area contributed by atoms with Gasteiger partial charge in [0.05, 0.1) is 18.3 Å². The highest BCUT2D eigenvalue weighted by molar-refractivity contribution is 4.94. The van der Waals surface area contributed by atoms with Crippen LogP contribution in [0.5, 0.6) is 0 Å². The standard InChI is InChI=1S/C18H32O13/c1-4-8(20)11(23)15(16(26)27-4)31-18-13(25)14(9(21)6(3)29-18)30-17-12(24)10(22)7(19)5(2)28-17/h4-26H,1-3H3/t4-,5-,6-,7+,8+,9+,10+,11+,12+,13+,14+,15+,16+,17-,18-/m0/s1. The van der Waals surface area contributed by atoms with Gasteiger partial charge in [0.15, 0.2) is 18.9 Å². The SMILES string of the molecule is C[C@@H]1O[C@@H](O[C@H]2[C@@H](O)[C@H](O[C@@H]3[C@H](O)[C@H](O)[C@H](C)O[C@H]3O)O[C@@H](C)[C@H]2O)[C@H](O)[C@H](O)[C@@H]1O. The number of ether oxygens (including phenoxy) is 5. The second-order valence-electron chi connectivity index (χ2n) is 8.29. The van der Waals surface area contributed by atoms with Gasteiger partial charge in [0.1, 0.15) is 54.9 Å². The lowest BCUT2D eigenvalue weighted by Crippen LogP contribution is -2.65. The Hall–Kier alpha value is -0.520. The summed E-state index contributed by atoms with van der Waals surface area (Å²) in [6.07, 6.45) is -21.0. The molecule has 3 aliphatic heterocycles. The number of hydrogen-bond donors (Lipinski definition) is 8. The van der Waals surface area contributed by atoms with Crippen molar-refractivity contribution < 1.29 is 64.5 Å². The molecule has 13 heteroatoms. The minimum Gasteiger partial charge on any atom is -0.388 e. The van der Waals surface area contributed by atoms with Gasteiger partial charge in [-0.3, -0.25) is 0 Å². The van der Waals surface area contributed by atoms with Gasteiger partial charge in [-0.05, 0) is 20.8 Å². The molecule has 13 nitrogen and oxygen atoms in total. The molecule has 0 aromatic heterocycles. The maximum absolute atomic E-state index is 10.7. The molecule has 3 heterocycles. The van der Waals surface area contributed by atoms with Gasteiger partial charge in [0, 0.05) is 0 Å². The molecular formula is C18H32O13. The summed E-state index contributed by atoms with van der Waals surface area (Å²) in [4.78, 5) is 0. The van der Waals surface area contributed by atoms with Gasteiger partial charge in [-0.25, -0.2) is 0 Å². The zero-order valence-electron chi connectivity index (χ0n) is 17.3. The van der Waals surface area contributed by atoms with E-state index in [9.17, 15) is 40.9 Å². The van der Waals surface area contributed by atoms with Crippen LogP contribution in [0.15, 0.2) is 0 Å². The van der Waals surface area contributed by atoms with Crippen LogP contribution in [-0.4, -0.2) is 133 Å². The van der Waals surface area contributed by atoms with Crippen LogP contribution in [0.1, 0.15) is 20.8 Å². The Morgan fingerprint density at radius 1 is 0.452 bits per heavy atom. The van der Waals surface area contributed by atoms with E-state index in [2.05, 4.69) is 0 Å². The lowest BCUT2D eigenvalue weighted by molar-refractivity contribution is -0.377. The summed E-state index contributed by atoms with van der Waals surface area (Å²) in [5, 5.41) is 81.3. The van der Waals surface area contributed by atoms with E-state index in [1.165, 1.54) is 20.8 Å². The molecule has 0 amide bonds. The van der Waals surface area contributed by atoms with Crippen LogP contribution in [0.2, 0.25) is 0 Å². The molecule has 8 N–H and O–H groups in total. The molecule has 0 radical (unpaired) electrons. The maximum atomic E-state index is 10.7. The van der Waals surface area contributed by atoms with Crippen LogP contribution in [0.3, 0.4) is 0 Å². The summed E-state index contributed by atoms with van der Waals surface area (Å²) >= 11 is 0. The predicted molar refractivity (Wildman–Crippen MR) is 97.0 cm³/mol. The van der Waals surface area contributed by atoms with Crippen molar-refractivity contribution in [3.63, 3.8) is 0 Å². The Morgan fingerprint density at radius 2 is 0.903 bits per heavy atom. The van der Waals surface area contributed by atoms with E-state index in [4.69, 9.17) is 23.7 Å². The van der Waals surface area contributed by atoms with Gasteiger partial charge in [0.2, 0.25) is 0 Å². The van der Waals surface area contributed by atoms with Gasteiger partial charge >= 0.3 is 0 Å². The zero-order valence-corrected chi connectivity index (χ0v) is 17.3. The molecule has 0 aromatic rings. The molecule has 3 saturated heterocycles. The Bertz CT molecular complexity index is 595. The van der Waals surface area contributed by atoms with Crippen LogP contribution >= 0.6 is 0 Å².